The molecule has 0 aromatic carbocycles. The molecule has 0 fully saturated rings. The minimum Gasteiger partial charge on any atom is -0.481 e. The average Bonchev–Trinajstić information content (AvgIpc) is 2.12. The molecule has 4 nitrogen and oxygen atoms in total. The summed E-state index contributed by atoms with van der Waals surface area (Å²) in [5.41, 5.74) is 0. The lowest BCUT2D eigenvalue weighted by atomic mass is 10.2. The van der Waals surface area contributed by atoms with Gasteiger partial charge in [0, 0.05) is 19.7 Å². The highest BCUT2D eigenvalue weighted by atomic mass is 16.5. The summed E-state index contributed by atoms with van der Waals surface area (Å²) in [6, 6.07) is 0. The van der Waals surface area contributed by atoms with Crippen molar-refractivity contribution in [2.75, 3.05) is 33.4 Å². The van der Waals surface area contributed by atoms with E-state index in [1.54, 1.807) is 6.92 Å². The predicted octanol–water partition coefficient (Wildman–Crippen LogP) is 1.31. The number of aliphatic carboxylic acids is 1. The fraction of sp³-hybridized carbons (Fsp3) is 0.909. The van der Waals surface area contributed by atoms with Gasteiger partial charge in [0.1, 0.15) is 0 Å². The Kier molecular flexibility index (Phi) is 7.34. The van der Waals surface area contributed by atoms with Crippen molar-refractivity contribution < 1.29 is 14.6 Å². The van der Waals surface area contributed by atoms with Crippen molar-refractivity contribution >= 4 is 5.97 Å². The Morgan fingerprint density at radius 3 is 2.47 bits per heavy atom. The van der Waals surface area contributed by atoms with Gasteiger partial charge in [-0.05, 0) is 13.0 Å². The maximum atomic E-state index is 10.6. The zero-order valence-electron chi connectivity index (χ0n) is 10.2. The highest BCUT2D eigenvalue weighted by molar-refractivity contribution is 5.69. The highest BCUT2D eigenvalue weighted by Crippen LogP contribution is 1.98. The second-order valence-corrected chi connectivity index (χ2v) is 4.47. The molecule has 90 valence electrons. The van der Waals surface area contributed by atoms with Crippen LogP contribution in [0.5, 0.6) is 0 Å². The first-order chi connectivity index (χ1) is 6.93. The van der Waals surface area contributed by atoms with Crippen LogP contribution in [0.1, 0.15) is 20.8 Å². The zero-order valence-corrected chi connectivity index (χ0v) is 10.2. The molecule has 0 aliphatic heterocycles. The van der Waals surface area contributed by atoms with Crippen molar-refractivity contribution in [1.82, 2.24) is 4.90 Å². The van der Waals surface area contributed by atoms with E-state index < -0.39 is 5.97 Å². The molecule has 0 heterocycles. The fourth-order valence-corrected chi connectivity index (χ4v) is 1.18. The normalized spacial score (nSPS) is 13.5. The van der Waals surface area contributed by atoms with Gasteiger partial charge < -0.3 is 14.7 Å². The van der Waals surface area contributed by atoms with Gasteiger partial charge in [-0.1, -0.05) is 20.8 Å². The topological polar surface area (TPSA) is 49.8 Å². The fourth-order valence-electron chi connectivity index (χ4n) is 1.18. The van der Waals surface area contributed by atoms with E-state index in [9.17, 15) is 4.79 Å². The van der Waals surface area contributed by atoms with Gasteiger partial charge in [0.25, 0.3) is 0 Å². The lowest BCUT2D eigenvalue weighted by Crippen LogP contribution is -2.31. The zero-order chi connectivity index (χ0) is 11.8. The van der Waals surface area contributed by atoms with E-state index in [0.717, 1.165) is 13.2 Å². The summed E-state index contributed by atoms with van der Waals surface area (Å²) in [5.74, 6) is -0.515. The summed E-state index contributed by atoms with van der Waals surface area (Å²) in [7, 11) is 1.91. The Balaban J connectivity index is 3.49. The summed E-state index contributed by atoms with van der Waals surface area (Å²) < 4.78 is 5.42. The number of carbonyl (C=O) groups is 1. The van der Waals surface area contributed by atoms with Gasteiger partial charge in [-0.25, -0.2) is 0 Å². The van der Waals surface area contributed by atoms with Gasteiger partial charge in [-0.15, -0.1) is 0 Å². The Labute approximate surface area is 92.2 Å². The van der Waals surface area contributed by atoms with Crippen LogP contribution in [0.4, 0.5) is 0 Å². The van der Waals surface area contributed by atoms with Crippen LogP contribution in [0.2, 0.25) is 0 Å². The molecular formula is C11H23NO3. The van der Waals surface area contributed by atoms with Crippen LogP contribution in [0, 0.1) is 11.8 Å². The molecule has 0 saturated heterocycles. The molecule has 0 aliphatic rings. The van der Waals surface area contributed by atoms with Crippen molar-refractivity contribution in [1.29, 1.82) is 0 Å². The molecule has 1 atom stereocenters. The minimum atomic E-state index is -0.745. The van der Waals surface area contributed by atoms with Crippen LogP contribution in [-0.2, 0) is 9.53 Å². The van der Waals surface area contributed by atoms with E-state index in [0.29, 0.717) is 19.1 Å². The maximum absolute atomic E-state index is 10.6. The lowest BCUT2D eigenvalue weighted by Gasteiger charge is -2.19. The van der Waals surface area contributed by atoms with Crippen LogP contribution in [0.3, 0.4) is 0 Å². The summed E-state index contributed by atoms with van der Waals surface area (Å²) in [6.45, 7) is 8.72. The van der Waals surface area contributed by atoms with Crippen molar-refractivity contribution in [2.24, 2.45) is 11.8 Å². The van der Waals surface area contributed by atoms with E-state index in [2.05, 4.69) is 13.8 Å². The first-order valence-corrected chi connectivity index (χ1v) is 5.42. The molecule has 0 aliphatic carbocycles. The molecule has 1 unspecified atom stereocenters. The van der Waals surface area contributed by atoms with Gasteiger partial charge in [-0.2, -0.15) is 0 Å². The van der Waals surface area contributed by atoms with E-state index in [4.69, 9.17) is 9.84 Å². The van der Waals surface area contributed by atoms with E-state index >= 15 is 0 Å². The first kappa shape index (κ1) is 14.4. The molecule has 4 heteroatoms. The molecule has 0 spiro atoms. The molecule has 15 heavy (non-hydrogen) atoms. The maximum Gasteiger partial charge on any atom is 0.307 e. The smallest absolute Gasteiger partial charge is 0.307 e. The Morgan fingerprint density at radius 1 is 1.40 bits per heavy atom. The molecule has 0 amide bonds. The standard InChI is InChI=1S/C11H23NO3/c1-9(2)8-15-6-5-12(4)7-10(3)11(13)14/h9-10H,5-8H2,1-4H3,(H,13,14). The second-order valence-electron chi connectivity index (χ2n) is 4.47. The van der Waals surface area contributed by atoms with Gasteiger partial charge in [-0.3, -0.25) is 4.79 Å². The van der Waals surface area contributed by atoms with Crippen molar-refractivity contribution in [3.8, 4) is 0 Å². The van der Waals surface area contributed by atoms with Crippen LogP contribution in [0.15, 0.2) is 0 Å². The number of hydrogen-bond donors (Lipinski definition) is 1. The number of likely N-dealkylation sites (N-methyl/N-ethyl adjacent to an activating group) is 1. The molecule has 0 saturated carbocycles. The Hall–Kier alpha value is -0.610. The second kappa shape index (κ2) is 7.65. The quantitative estimate of drug-likeness (QED) is 0.623. The monoisotopic (exact) mass is 217 g/mol. The van der Waals surface area contributed by atoms with Crippen molar-refractivity contribution in [3.63, 3.8) is 0 Å². The molecule has 0 rings (SSSR count). The molecule has 0 bridgehead atoms. The average molecular weight is 217 g/mol. The highest BCUT2D eigenvalue weighted by Gasteiger charge is 2.12. The molecule has 1 N–H and O–H groups in total. The summed E-state index contributed by atoms with van der Waals surface area (Å²) in [6.07, 6.45) is 0. The van der Waals surface area contributed by atoms with Gasteiger partial charge in [0.15, 0.2) is 0 Å². The third kappa shape index (κ3) is 8.39. The molecule has 0 aromatic rings. The lowest BCUT2D eigenvalue weighted by molar-refractivity contribution is -0.141. The number of rotatable bonds is 8. The molecule has 0 aromatic heterocycles. The largest absolute Gasteiger partial charge is 0.481 e. The van der Waals surface area contributed by atoms with Crippen molar-refractivity contribution in [3.05, 3.63) is 0 Å². The van der Waals surface area contributed by atoms with Gasteiger partial charge >= 0.3 is 5.97 Å². The van der Waals surface area contributed by atoms with Crippen LogP contribution >= 0.6 is 0 Å². The third-order valence-corrected chi connectivity index (χ3v) is 2.08. The van der Waals surface area contributed by atoms with Crippen LogP contribution in [-0.4, -0.2) is 49.3 Å². The Morgan fingerprint density at radius 2 is 2.00 bits per heavy atom. The van der Waals surface area contributed by atoms with Crippen molar-refractivity contribution in [2.45, 2.75) is 20.8 Å². The number of ether oxygens (including phenoxy) is 1. The van der Waals surface area contributed by atoms with Crippen LogP contribution in [0.25, 0.3) is 0 Å². The number of carboxylic acids is 1. The Bertz CT molecular complexity index is 183. The minimum absolute atomic E-state index is 0.319. The predicted molar refractivity (Wildman–Crippen MR) is 60.0 cm³/mol. The SMILES string of the molecule is CC(C)COCCN(C)CC(C)C(=O)O. The number of nitrogens with zero attached hydrogens (tertiary/aromatic N) is 1. The summed E-state index contributed by atoms with van der Waals surface area (Å²) in [5, 5.41) is 8.72. The van der Waals surface area contributed by atoms with Gasteiger partial charge in [0.2, 0.25) is 0 Å². The molecule has 0 radical (unpaired) electrons. The third-order valence-electron chi connectivity index (χ3n) is 2.08. The van der Waals surface area contributed by atoms with Gasteiger partial charge in [0.05, 0.1) is 12.5 Å². The number of carboxylic acid groups (broad SMARTS) is 1. The van der Waals surface area contributed by atoms with Crippen LogP contribution < -0.4 is 0 Å². The van der Waals surface area contributed by atoms with E-state index in [-0.39, 0.29) is 5.92 Å². The summed E-state index contributed by atoms with van der Waals surface area (Å²) in [4.78, 5) is 12.6. The first-order valence-electron chi connectivity index (χ1n) is 5.42. The van der Waals surface area contributed by atoms with E-state index in [1.807, 2.05) is 11.9 Å². The summed E-state index contributed by atoms with van der Waals surface area (Å²) >= 11 is 0. The van der Waals surface area contributed by atoms with E-state index in [1.165, 1.54) is 0 Å². The molecular weight excluding hydrogens is 194 g/mol. The number of hydrogen-bond acceptors (Lipinski definition) is 3.